The van der Waals surface area contributed by atoms with Gasteiger partial charge in [0.2, 0.25) is 0 Å². The van der Waals surface area contributed by atoms with Gasteiger partial charge >= 0.3 is 0 Å². The molecule has 0 aliphatic carbocycles. The van der Waals surface area contributed by atoms with Crippen molar-refractivity contribution in [1.82, 2.24) is 15.2 Å². The number of rotatable bonds is 5. The number of nitrogens with zero attached hydrogens (tertiary/aromatic N) is 2. The topological polar surface area (TPSA) is 48.4 Å². The summed E-state index contributed by atoms with van der Waals surface area (Å²) in [6.45, 7) is 5.40. The largest absolute Gasteiger partial charge is 0.506 e. The van der Waals surface area contributed by atoms with Crippen molar-refractivity contribution in [2.75, 3.05) is 26.2 Å². The van der Waals surface area contributed by atoms with Crippen LogP contribution >= 0.6 is 0 Å². The molecule has 1 saturated heterocycles. The van der Waals surface area contributed by atoms with Crippen LogP contribution in [-0.4, -0.2) is 41.2 Å². The van der Waals surface area contributed by atoms with E-state index in [1.165, 1.54) is 38.5 Å². The quantitative estimate of drug-likeness (QED) is 0.757. The average Bonchev–Trinajstić information content (AvgIpc) is 2.38. The Morgan fingerprint density at radius 3 is 2.76 bits per heavy atom. The molecule has 1 aliphatic rings. The maximum atomic E-state index is 9.11. The molecule has 1 aromatic heterocycles. The molecule has 2 heterocycles. The van der Waals surface area contributed by atoms with Crippen LogP contribution < -0.4 is 5.32 Å². The number of piperidine rings is 1. The number of aromatic nitrogens is 1. The first kappa shape index (κ1) is 12.3. The maximum Gasteiger partial charge on any atom is 0.133 e. The molecule has 0 saturated carbocycles. The Morgan fingerprint density at radius 2 is 2.06 bits per heavy atom. The molecule has 94 valence electrons. The van der Waals surface area contributed by atoms with Crippen LogP contribution in [0.4, 0.5) is 0 Å². The van der Waals surface area contributed by atoms with E-state index >= 15 is 0 Å². The Kier molecular flexibility index (Phi) is 4.76. The third-order valence-electron chi connectivity index (χ3n) is 3.17. The first-order valence-electron chi connectivity index (χ1n) is 6.41. The normalized spacial score (nSPS) is 17.2. The smallest absolute Gasteiger partial charge is 0.133 e. The summed E-state index contributed by atoms with van der Waals surface area (Å²) in [5.74, 6) is 0.224. The van der Waals surface area contributed by atoms with Gasteiger partial charge in [0.25, 0.3) is 0 Å². The zero-order valence-electron chi connectivity index (χ0n) is 10.2. The van der Waals surface area contributed by atoms with Crippen LogP contribution in [0.15, 0.2) is 18.3 Å². The summed E-state index contributed by atoms with van der Waals surface area (Å²) in [7, 11) is 0. The first-order chi connectivity index (χ1) is 8.34. The third kappa shape index (κ3) is 4.32. The Morgan fingerprint density at radius 1 is 1.24 bits per heavy atom. The van der Waals surface area contributed by atoms with Crippen LogP contribution in [0.1, 0.15) is 25.0 Å². The fraction of sp³-hybridized carbons (Fsp3) is 0.615. The zero-order valence-corrected chi connectivity index (χ0v) is 10.2. The van der Waals surface area contributed by atoms with Crippen molar-refractivity contribution < 1.29 is 5.11 Å². The molecule has 0 atom stereocenters. The van der Waals surface area contributed by atoms with Crippen LogP contribution in [-0.2, 0) is 6.54 Å². The standard InChI is InChI=1S/C13H21N3O/c17-13-5-4-12(15-11-13)10-14-6-9-16-7-2-1-3-8-16/h4-5,11,14,17H,1-3,6-10H2. The van der Waals surface area contributed by atoms with Gasteiger partial charge < -0.3 is 15.3 Å². The molecular formula is C13H21N3O. The molecule has 1 aliphatic heterocycles. The number of nitrogens with one attached hydrogen (secondary N) is 1. The number of aromatic hydroxyl groups is 1. The van der Waals surface area contributed by atoms with E-state index in [4.69, 9.17) is 5.11 Å². The number of likely N-dealkylation sites (tertiary alicyclic amines) is 1. The molecule has 4 nitrogen and oxygen atoms in total. The fourth-order valence-corrected chi connectivity index (χ4v) is 2.16. The molecule has 1 fully saturated rings. The first-order valence-corrected chi connectivity index (χ1v) is 6.41. The molecule has 4 heteroatoms. The second-order valence-corrected chi connectivity index (χ2v) is 4.59. The van der Waals surface area contributed by atoms with Crippen LogP contribution in [0, 0.1) is 0 Å². The van der Waals surface area contributed by atoms with Crippen molar-refractivity contribution in [3.8, 4) is 5.75 Å². The molecule has 0 radical (unpaired) electrons. The molecule has 0 spiro atoms. The minimum Gasteiger partial charge on any atom is -0.506 e. The van der Waals surface area contributed by atoms with Crippen LogP contribution in [0.3, 0.4) is 0 Å². The molecular weight excluding hydrogens is 214 g/mol. The Balaban J connectivity index is 1.60. The summed E-state index contributed by atoms with van der Waals surface area (Å²) < 4.78 is 0. The second-order valence-electron chi connectivity index (χ2n) is 4.59. The van der Waals surface area contributed by atoms with Gasteiger partial charge in [-0.2, -0.15) is 0 Å². The Bertz CT molecular complexity index is 320. The van der Waals surface area contributed by atoms with E-state index in [1.54, 1.807) is 6.07 Å². The number of pyridine rings is 1. The van der Waals surface area contributed by atoms with Crippen molar-refractivity contribution in [1.29, 1.82) is 0 Å². The van der Waals surface area contributed by atoms with Crippen molar-refractivity contribution in [2.45, 2.75) is 25.8 Å². The summed E-state index contributed by atoms with van der Waals surface area (Å²) in [4.78, 5) is 6.65. The molecule has 0 unspecified atom stereocenters. The summed E-state index contributed by atoms with van der Waals surface area (Å²) in [6.07, 6.45) is 5.57. The molecule has 0 amide bonds. The molecule has 17 heavy (non-hydrogen) atoms. The highest BCUT2D eigenvalue weighted by atomic mass is 16.3. The monoisotopic (exact) mass is 235 g/mol. The van der Waals surface area contributed by atoms with Gasteiger partial charge in [0.1, 0.15) is 5.75 Å². The predicted molar refractivity (Wildman–Crippen MR) is 67.9 cm³/mol. The Labute approximate surface area is 103 Å². The summed E-state index contributed by atoms with van der Waals surface area (Å²) in [6, 6.07) is 3.53. The molecule has 2 N–H and O–H groups in total. The van der Waals surface area contributed by atoms with Gasteiger partial charge in [0.15, 0.2) is 0 Å². The van der Waals surface area contributed by atoms with E-state index in [-0.39, 0.29) is 5.75 Å². The van der Waals surface area contributed by atoms with E-state index in [9.17, 15) is 0 Å². The van der Waals surface area contributed by atoms with Crippen molar-refractivity contribution >= 4 is 0 Å². The molecule has 0 bridgehead atoms. The van der Waals surface area contributed by atoms with Gasteiger partial charge in [0, 0.05) is 19.6 Å². The summed E-state index contributed by atoms with van der Waals surface area (Å²) in [5.41, 5.74) is 0.974. The van der Waals surface area contributed by atoms with Crippen LogP contribution in [0.25, 0.3) is 0 Å². The lowest BCUT2D eigenvalue weighted by Crippen LogP contribution is -2.35. The summed E-state index contributed by atoms with van der Waals surface area (Å²) in [5, 5.41) is 12.5. The number of hydrogen-bond acceptors (Lipinski definition) is 4. The van der Waals surface area contributed by atoms with E-state index in [1.807, 2.05) is 6.07 Å². The van der Waals surface area contributed by atoms with Crippen LogP contribution in [0.5, 0.6) is 5.75 Å². The zero-order chi connectivity index (χ0) is 11.9. The average molecular weight is 235 g/mol. The summed E-state index contributed by atoms with van der Waals surface area (Å²) >= 11 is 0. The highest BCUT2D eigenvalue weighted by Crippen LogP contribution is 2.07. The minimum atomic E-state index is 0.224. The van der Waals surface area contributed by atoms with Gasteiger partial charge in [0.05, 0.1) is 11.9 Å². The molecule has 1 aromatic rings. The number of hydrogen-bond donors (Lipinski definition) is 2. The molecule has 0 aromatic carbocycles. The van der Waals surface area contributed by atoms with Gasteiger partial charge in [-0.05, 0) is 38.1 Å². The highest BCUT2D eigenvalue weighted by Gasteiger charge is 2.08. The predicted octanol–water partition coefficient (Wildman–Crippen LogP) is 1.36. The second kappa shape index (κ2) is 6.57. The van der Waals surface area contributed by atoms with Crippen molar-refractivity contribution in [2.24, 2.45) is 0 Å². The van der Waals surface area contributed by atoms with E-state index in [0.29, 0.717) is 0 Å². The lowest BCUT2D eigenvalue weighted by atomic mass is 10.1. The fourth-order valence-electron chi connectivity index (χ4n) is 2.16. The van der Waals surface area contributed by atoms with Crippen LogP contribution in [0.2, 0.25) is 0 Å². The van der Waals surface area contributed by atoms with Gasteiger partial charge in [-0.1, -0.05) is 6.42 Å². The van der Waals surface area contributed by atoms with Crippen molar-refractivity contribution in [3.05, 3.63) is 24.0 Å². The van der Waals surface area contributed by atoms with Crippen molar-refractivity contribution in [3.63, 3.8) is 0 Å². The Hall–Kier alpha value is -1.13. The van der Waals surface area contributed by atoms with E-state index in [0.717, 1.165) is 25.3 Å². The lowest BCUT2D eigenvalue weighted by molar-refractivity contribution is 0.229. The lowest BCUT2D eigenvalue weighted by Gasteiger charge is -2.26. The highest BCUT2D eigenvalue weighted by molar-refractivity contribution is 5.17. The van der Waals surface area contributed by atoms with E-state index in [2.05, 4.69) is 15.2 Å². The minimum absolute atomic E-state index is 0.224. The van der Waals surface area contributed by atoms with E-state index < -0.39 is 0 Å². The van der Waals surface area contributed by atoms with Gasteiger partial charge in [-0.25, -0.2) is 0 Å². The van der Waals surface area contributed by atoms with Gasteiger partial charge in [-0.3, -0.25) is 4.98 Å². The maximum absolute atomic E-state index is 9.11. The van der Waals surface area contributed by atoms with Gasteiger partial charge in [-0.15, -0.1) is 0 Å². The molecule has 2 rings (SSSR count). The third-order valence-corrected chi connectivity index (χ3v) is 3.17. The SMILES string of the molecule is Oc1ccc(CNCCN2CCCCC2)nc1.